The Morgan fingerprint density at radius 1 is 1.00 bits per heavy atom. The largest absolute Gasteiger partial charge is 0.310 e. The Labute approximate surface area is 124 Å². The lowest BCUT2D eigenvalue weighted by Gasteiger charge is -2.18. The molecule has 100 valence electrons. The Morgan fingerprint density at radius 3 is 2.42 bits per heavy atom. The van der Waals surface area contributed by atoms with Gasteiger partial charge in [0, 0.05) is 11.6 Å². The summed E-state index contributed by atoms with van der Waals surface area (Å²) in [7, 11) is 0. The molecule has 2 aromatic carbocycles. The minimum Gasteiger partial charge on any atom is -0.310 e. The molecule has 0 aliphatic heterocycles. The molecule has 0 saturated heterocycles. The highest BCUT2D eigenvalue weighted by atomic mass is 35.5. The fraction of sp³-hybridized carbons (Fsp3) is 0.250. The molecule has 0 saturated carbocycles. The van der Waals surface area contributed by atoms with Crippen molar-refractivity contribution < 1.29 is 0 Å². The second-order valence-corrected chi connectivity index (χ2v) is 5.25. The van der Waals surface area contributed by atoms with Crippen molar-refractivity contribution in [3.63, 3.8) is 0 Å². The zero-order valence-corrected chi connectivity index (χ0v) is 12.6. The van der Waals surface area contributed by atoms with Gasteiger partial charge in [-0.25, -0.2) is 0 Å². The summed E-state index contributed by atoms with van der Waals surface area (Å²) in [6.45, 7) is 5.19. The molecule has 1 atom stereocenters. The van der Waals surface area contributed by atoms with Gasteiger partial charge in [-0.15, -0.1) is 0 Å². The van der Waals surface area contributed by atoms with E-state index in [4.69, 9.17) is 23.2 Å². The molecule has 0 aliphatic rings. The Hall–Kier alpha value is -1.02. The standard InChI is InChI=1S/C16H17Cl2N/c1-3-19-11(2)12-7-4-5-8-13(12)14-9-6-10-15(17)16(14)18/h4-11,19H,3H2,1-2H3. The molecule has 0 aromatic heterocycles. The average molecular weight is 294 g/mol. The molecule has 19 heavy (non-hydrogen) atoms. The number of halogens is 2. The Balaban J connectivity index is 2.53. The molecule has 0 heterocycles. The summed E-state index contributed by atoms with van der Waals surface area (Å²) in [5.41, 5.74) is 3.34. The van der Waals surface area contributed by atoms with Crippen LogP contribution in [0.2, 0.25) is 10.0 Å². The number of rotatable bonds is 4. The monoisotopic (exact) mass is 293 g/mol. The molecule has 2 rings (SSSR count). The molecule has 0 bridgehead atoms. The van der Waals surface area contributed by atoms with Gasteiger partial charge in [0.15, 0.2) is 0 Å². The quantitative estimate of drug-likeness (QED) is 0.803. The van der Waals surface area contributed by atoms with E-state index in [-0.39, 0.29) is 6.04 Å². The first-order chi connectivity index (χ1) is 9.15. The van der Waals surface area contributed by atoms with Crippen molar-refractivity contribution in [3.8, 4) is 11.1 Å². The van der Waals surface area contributed by atoms with E-state index in [2.05, 4.69) is 31.3 Å². The van der Waals surface area contributed by atoms with Gasteiger partial charge in [-0.05, 0) is 30.7 Å². The molecular formula is C16H17Cl2N. The van der Waals surface area contributed by atoms with E-state index in [1.165, 1.54) is 5.56 Å². The lowest BCUT2D eigenvalue weighted by atomic mass is 9.95. The van der Waals surface area contributed by atoms with E-state index in [1.807, 2.05) is 30.3 Å². The number of benzene rings is 2. The zero-order chi connectivity index (χ0) is 13.8. The van der Waals surface area contributed by atoms with E-state index in [9.17, 15) is 0 Å². The summed E-state index contributed by atoms with van der Waals surface area (Å²) in [4.78, 5) is 0. The minimum atomic E-state index is 0.274. The molecule has 1 nitrogen and oxygen atoms in total. The molecule has 0 spiro atoms. The highest BCUT2D eigenvalue weighted by molar-refractivity contribution is 6.43. The number of nitrogens with one attached hydrogen (secondary N) is 1. The zero-order valence-electron chi connectivity index (χ0n) is 11.1. The smallest absolute Gasteiger partial charge is 0.0670 e. The third kappa shape index (κ3) is 3.11. The first kappa shape index (κ1) is 14.4. The summed E-state index contributed by atoms with van der Waals surface area (Å²) >= 11 is 12.4. The van der Waals surface area contributed by atoms with Gasteiger partial charge in [0.05, 0.1) is 10.0 Å². The highest BCUT2D eigenvalue weighted by Gasteiger charge is 2.13. The van der Waals surface area contributed by atoms with E-state index >= 15 is 0 Å². The fourth-order valence-corrected chi connectivity index (χ4v) is 2.65. The van der Waals surface area contributed by atoms with Crippen LogP contribution in [-0.4, -0.2) is 6.54 Å². The molecule has 1 N–H and O–H groups in total. The van der Waals surface area contributed by atoms with Crippen LogP contribution in [0.1, 0.15) is 25.5 Å². The van der Waals surface area contributed by atoms with Crippen LogP contribution in [0, 0.1) is 0 Å². The van der Waals surface area contributed by atoms with Gasteiger partial charge >= 0.3 is 0 Å². The third-order valence-corrected chi connectivity index (χ3v) is 4.00. The van der Waals surface area contributed by atoms with Gasteiger partial charge in [-0.2, -0.15) is 0 Å². The first-order valence-corrected chi connectivity index (χ1v) is 7.17. The Bertz CT molecular complexity index is 566. The summed E-state index contributed by atoms with van der Waals surface area (Å²) in [5, 5.41) is 4.63. The van der Waals surface area contributed by atoms with Crippen LogP contribution in [0.4, 0.5) is 0 Å². The second kappa shape index (κ2) is 6.42. The van der Waals surface area contributed by atoms with Crippen molar-refractivity contribution in [2.24, 2.45) is 0 Å². The second-order valence-electron chi connectivity index (χ2n) is 4.47. The summed E-state index contributed by atoms with van der Waals surface area (Å²) < 4.78 is 0. The van der Waals surface area contributed by atoms with Gasteiger partial charge in [0.1, 0.15) is 0 Å². The maximum absolute atomic E-state index is 6.33. The van der Waals surface area contributed by atoms with Crippen LogP contribution in [0.3, 0.4) is 0 Å². The predicted molar refractivity (Wildman–Crippen MR) is 84.0 cm³/mol. The lowest BCUT2D eigenvalue weighted by Crippen LogP contribution is -2.18. The average Bonchev–Trinajstić information content (AvgIpc) is 2.42. The van der Waals surface area contributed by atoms with Crippen molar-refractivity contribution in [2.45, 2.75) is 19.9 Å². The van der Waals surface area contributed by atoms with E-state index in [0.717, 1.165) is 17.7 Å². The van der Waals surface area contributed by atoms with Crippen molar-refractivity contribution in [1.82, 2.24) is 5.32 Å². The van der Waals surface area contributed by atoms with Gasteiger partial charge in [0.2, 0.25) is 0 Å². The van der Waals surface area contributed by atoms with Gasteiger partial charge in [-0.1, -0.05) is 66.5 Å². The Kier molecular flexibility index (Phi) is 4.87. The van der Waals surface area contributed by atoms with Crippen molar-refractivity contribution in [2.75, 3.05) is 6.54 Å². The van der Waals surface area contributed by atoms with Gasteiger partial charge < -0.3 is 5.32 Å². The van der Waals surface area contributed by atoms with Crippen LogP contribution in [0.5, 0.6) is 0 Å². The van der Waals surface area contributed by atoms with Crippen molar-refractivity contribution in [3.05, 3.63) is 58.1 Å². The van der Waals surface area contributed by atoms with E-state index in [0.29, 0.717) is 10.0 Å². The maximum Gasteiger partial charge on any atom is 0.0670 e. The van der Waals surface area contributed by atoms with Crippen LogP contribution in [0.25, 0.3) is 11.1 Å². The molecule has 0 fully saturated rings. The van der Waals surface area contributed by atoms with E-state index in [1.54, 1.807) is 0 Å². The SMILES string of the molecule is CCNC(C)c1ccccc1-c1cccc(Cl)c1Cl. The van der Waals surface area contributed by atoms with Gasteiger partial charge in [0.25, 0.3) is 0 Å². The number of hydrogen-bond acceptors (Lipinski definition) is 1. The summed E-state index contributed by atoms with van der Waals surface area (Å²) in [6.07, 6.45) is 0. The maximum atomic E-state index is 6.33. The summed E-state index contributed by atoms with van der Waals surface area (Å²) in [5.74, 6) is 0. The Morgan fingerprint density at radius 2 is 1.68 bits per heavy atom. The van der Waals surface area contributed by atoms with Crippen molar-refractivity contribution >= 4 is 23.2 Å². The molecule has 2 aromatic rings. The highest BCUT2D eigenvalue weighted by Crippen LogP contribution is 2.36. The topological polar surface area (TPSA) is 12.0 Å². The van der Waals surface area contributed by atoms with Gasteiger partial charge in [-0.3, -0.25) is 0 Å². The molecule has 1 unspecified atom stereocenters. The van der Waals surface area contributed by atoms with Crippen LogP contribution >= 0.6 is 23.2 Å². The molecule has 0 aliphatic carbocycles. The summed E-state index contributed by atoms with van der Waals surface area (Å²) in [6, 6.07) is 14.3. The number of hydrogen-bond donors (Lipinski definition) is 1. The van der Waals surface area contributed by atoms with E-state index < -0.39 is 0 Å². The first-order valence-electron chi connectivity index (χ1n) is 6.41. The lowest BCUT2D eigenvalue weighted by molar-refractivity contribution is 0.599. The third-order valence-electron chi connectivity index (χ3n) is 3.18. The molecule has 0 amide bonds. The predicted octanol–water partition coefficient (Wildman–Crippen LogP) is 5.33. The fourth-order valence-electron chi connectivity index (χ4n) is 2.25. The van der Waals surface area contributed by atoms with Crippen molar-refractivity contribution in [1.29, 1.82) is 0 Å². The van der Waals surface area contributed by atoms with Crippen LogP contribution in [-0.2, 0) is 0 Å². The molecule has 0 radical (unpaired) electrons. The van der Waals surface area contributed by atoms with Crippen LogP contribution < -0.4 is 5.32 Å². The normalized spacial score (nSPS) is 12.4. The minimum absolute atomic E-state index is 0.274. The molecular weight excluding hydrogens is 277 g/mol. The molecule has 3 heteroatoms. The van der Waals surface area contributed by atoms with Crippen LogP contribution in [0.15, 0.2) is 42.5 Å².